The van der Waals surface area contributed by atoms with Crippen LogP contribution in [0.3, 0.4) is 0 Å². The van der Waals surface area contributed by atoms with E-state index in [4.69, 9.17) is 14.2 Å². The number of benzene rings is 2. The number of fused-ring (bicyclic) bond motifs is 1. The molecule has 1 aliphatic rings. The number of nitrogens with zero attached hydrogens (tertiary/aromatic N) is 1. The van der Waals surface area contributed by atoms with E-state index in [1.807, 2.05) is 36.4 Å². The van der Waals surface area contributed by atoms with Gasteiger partial charge in [-0.15, -0.1) is 0 Å². The van der Waals surface area contributed by atoms with Gasteiger partial charge in [0.25, 0.3) is 5.91 Å². The number of rotatable bonds is 5. The van der Waals surface area contributed by atoms with Gasteiger partial charge in [-0.25, -0.2) is 0 Å². The van der Waals surface area contributed by atoms with Crippen LogP contribution in [0.2, 0.25) is 0 Å². The first kappa shape index (κ1) is 16.2. The highest BCUT2D eigenvalue weighted by Crippen LogP contribution is 2.32. The van der Waals surface area contributed by atoms with Crippen LogP contribution in [-0.2, 0) is 13.0 Å². The van der Waals surface area contributed by atoms with E-state index in [2.05, 4.69) is 0 Å². The van der Waals surface area contributed by atoms with Crippen molar-refractivity contribution in [3.63, 3.8) is 0 Å². The quantitative estimate of drug-likeness (QED) is 0.847. The molecule has 0 fully saturated rings. The van der Waals surface area contributed by atoms with Crippen LogP contribution in [0, 0.1) is 0 Å². The molecule has 1 heterocycles. The minimum Gasteiger partial charge on any atom is -0.493 e. The second-order valence-electron chi connectivity index (χ2n) is 5.73. The number of hydrogen-bond acceptors (Lipinski definition) is 4. The molecule has 1 aliphatic heterocycles. The summed E-state index contributed by atoms with van der Waals surface area (Å²) in [6.07, 6.45) is 0.851. The molecule has 24 heavy (non-hydrogen) atoms. The number of methoxy groups -OCH3 is 2. The van der Waals surface area contributed by atoms with Crippen LogP contribution in [0.15, 0.2) is 36.4 Å². The van der Waals surface area contributed by atoms with Gasteiger partial charge >= 0.3 is 0 Å². The Balaban J connectivity index is 1.80. The Hall–Kier alpha value is -2.69. The maximum atomic E-state index is 12.7. The predicted octanol–water partition coefficient (Wildman–Crippen LogP) is 2.91. The second-order valence-corrected chi connectivity index (χ2v) is 5.73. The van der Waals surface area contributed by atoms with E-state index in [0.29, 0.717) is 30.2 Å². The smallest absolute Gasteiger partial charge is 0.253 e. The number of carbonyl (C=O) groups is 1. The topological polar surface area (TPSA) is 48.0 Å². The van der Waals surface area contributed by atoms with Crippen molar-refractivity contribution in [3.8, 4) is 17.2 Å². The molecule has 0 N–H and O–H groups in total. The van der Waals surface area contributed by atoms with Gasteiger partial charge in [-0.1, -0.05) is 12.1 Å². The van der Waals surface area contributed by atoms with Crippen molar-refractivity contribution < 1.29 is 19.0 Å². The van der Waals surface area contributed by atoms with Gasteiger partial charge in [0.1, 0.15) is 5.75 Å². The third-order valence-corrected chi connectivity index (χ3v) is 4.18. The minimum absolute atomic E-state index is 0.0328. The molecule has 1 amide bonds. The first-order valence-corrected chi connectivity index (χ1v) is 7.85. The lowest BCUT2D eigenvalue weighted by Crippen LogP contribution is -2.26. The van der Waals surface area contributed by atoms with Crippen LogP contribution >= 0.6 is 0 Å². The van der Waals surface area contributed by atoms with E-state index < -0.39 is 0 Å². The molecule has 0 unspecified atom stereocenters. The largest absolute Gasteiger partial charge is 0.493 e. The maximum Gasteiger partial charge on any atom is 0.253 e. The lowest BCUT2D eigenvalue weighted by atomic mass is 10.1. The Morgan fingerprint density at radius 2 is 2.04 bits per heavy atom. The normalized spacial score (nSPS) is 12.3. The average molecular weight is 327 g/mol. The molecule has 0 spiro atoms. The molecular weight excluding hydrogens is 306 g/mol. The number of carbonyl (C=O) groups excluding carboxylic acids is 1. The van der Waals surface area contributed by atoms with E-state index in [-0.39, 0.29) is 5.91 Å². The Kier molecular flexibility index (Phi) is 4.60. The molecule has 0 saturated carbocycles. The minimum atomic E-state index is -0.0328. The molecule has 2 aromatic carbocycles. The zero-order valence-electron chi connectivity index (χ0n) is 14.2. The summed E-state index contributed by atoms with van der Waals surface area (Å²) in [6.45, 7) is 1.12. The molecule has 3 rings (SSSR count). The van der Waals surface area contributed by atoms with Gasteiger partial charge in [-0.2, -0.15) is 0 Å². The third-order valence-electron chi connectivity index (χ3n) is 4.18. The summed E-state index contributed by atoms with van der Waals surface area (Å²) in [4.78, 5) is 14.4. The van der Waals surface area contributed by atoms with Crippen LogP contribution in [0.5, 0.6) is 17.2 Å². The monoisotopic (exact) mass is 327 g/mol. The summed E-state index contributed by atoms with van der Waals surface area (Å²) >= 11 is 0. The van der Waals surface area contributed by atoms with Crippen molar-refractivity contribution in [3.05, 3.63) is 53.1 Å². The summed E-state index contributed by atoms with van der Waals surface area (Å²) in [5.41, 5.74) is 2.66. The maximum absolute atomic E-state index is 12.7. The molecule has 0 radical (unpaired) electrons. The highest BCUT2D eigenvalue weighted by atomic mass is 16.5. The highest BCUT2D eigenvalue weighted by molar-refractivity contribution is 5.94. The standard InChI is InChI=1S/C19H21NO4/c1-20(12-15-5-4-6-17(22-2)18(15)23-3)19(21)14-7-8-16-13(11-14)9-10-24-16/h4-8,11H,9-10,12H2,1-3H3. The van der Waals surface area contributed by atoms with E-state index in [1.54, 1.807) is 26.2 Å². The van der Waals surface area contributed by atoms with Crippen molar-refractivity contribution in [1.29, 1.82) is 0 Å². The molecule has 126 valence electrons. The van der Waals surface area contributed by atoms with E-state index >= 15 is 0 Å². The van der Waals surface area contributed by atoms with Gasteiger partial charge in [-0.3, -0.25) is 4.79 Å². The zero-order chi connectivity index (χ0) is 17.1. The van der Waals surface area contributed by atoms with Gasteiger partial charge in [0.15, 0.2) is 11.5 Å². The Morgan fingerprint density at radius 1 is 1.21 bits per heavy atom. The fourth-order valence-corrected chi connectivity index (χ4v) is 2.95. The second kappa shape index (κ2) is 6.83. The van der Waals surface area contributed by atoms with E-state index in [1.165, 1.54) is 0 Å². The van der Waals surface area contributed by atoms with Gasteiger partial charge < -0.3 is 19.1 Å². The molecule has 0 atom stereocenters. The first-order valence-electron chi connectivity index (χ1n) is 7.85. The highest BCUT2D eigenvalue weighted by Gasteiger charge is 2.19. The van der Waals surface area contributed by atoms with Crippen LogP contribution in [-0.4, -0.2) is 38.7 Å². The van der Waals surface area contributed by atoms with Crippen LogP contribution in [0.25, 0.3) is 0 Å². The lowest BCUT2D eigenvalue weighted by molar-refractivity contribution is 0.0784. The van der Waals surface area contributed by atoms with E-state index in [0.717, 1.165) is 23.3 Å². The molecule has 0 aliphatic carbocycles. The summed E-state index contributed by atoms with van der Waals surface area (Å²) < 4.78 is 16.2. The number of hydrogen-bond donors (Lipinski definition) is 0. The predicted molar refractivity (Wildman–Crippen MR) is 91.0 cm³/mol. The number of para-hydroxylation sites is 1. The third kappa shape index (κ3) is 3.02. The molecule has 2 aromatic rings. The van der Waals surface area contributed by atoms with Gasteiger partial charge in [-0.05, 0) is 29.8 Å². The van der Waals surface area contributed by atoms with Crippen molar-refractivity contribution in [2.45, 2.75) is 13.0 Å². The molecule has 0 bridgehead atoms. The number of amides is 1. The van der Waals surface area contributed by atoms with E-state index in [9.17, 15) is 4.79 Å². The Morgan fingerprint density at radius 3 is 2.79 bits per heavy atom. The zero-order valence-corrected chi connectivity index (χ0v) is 14.2. The number of ether oxygens (including phenoxy) is 3. The fourth-order valence-electron chi connectivity index (χ4n) is 2.95. The van der Waals surface area contributed by atoms with Crippen molar-refractivity contribution in [1.82, 2.24) is 4.90 Å². The summed E-state index contributed by atoms with van der Waals surface area (Å²) in [7, 11) is 4.98. The molecule has 5 nitrogen and oxygen atoms in total. The molecule has 0 aromatic heterocycles. The molecule has 0 saturated heterocycles. The Bertz CT molecular complexity index is 757. The summed E-state index contributed by atoms with van der Waals surface area (Å²) in [5.74, 6) is 2.16. The lowest BCUT2D eigenvalue weighted by Gasteiger charge is -2.20. The summed E-state index contributed by atoms with van der Waals surface area (Å²) in [5, 5.41) is 0. The van der Waals surface area contributed by atoms with Gasteiger partial charge in [0, 0.05) is 31.1 Å². The average Bonchev–Trinajstić information content (AvgIpc) is 3.08. The first-order chi connectivity index (χ1) is 11.6. The van der Waals surface area contributed by atoms with Crippen molar-refractivity contribution in [2.24, 2.45) is 0 Å². The van der Waals surface area contributed by atoms with Gasteiger partial charge in [0.2, 0.25) is 0 Å². The molecular formula is C19H21NO4. The SMILES string of the molecule is COc1cccc(CN(C)C(=O)c2ccc3c(c2)CCO3)c1OC. The van der Waals surface area contributed by atoms with Crippen LogP contribution < -0.4 is 14.2 Å². The van der Waals surface area contributed by atoms with Crippen molar-refractivity contribution >= 4 is 5.91 Å². The fraction of sp³-hybridized carbons (Fsp3) is 0.316. The Labute approximate surface area is 141 Å². The summed E-state index contributed by atoms with van der Waals surface area (Å²) in [6, 6.07) is 11.3. The molecule has 5 heteroatoms. The van der Waals surface area contributed by atoms with Crippen LogP contribution in [0.1, 0.15) is 21.5 Å². The van der Waals surface area contributed by atoms with Crippen LogP contribution in [0.4, 0.5) is 0 Å². The van der Waals surface area contributed by atoms with Crippen molar-refractivity contribution in [2.75, 3.05) is 27.9 Å². The van der Waals surface area contributed by atoms with Gasteiger partial charge in [0.05, 0.1) is 20.8 Å².